The number of rotatable bonds is 5. The summed E-state index contributed by atoms with van der Waals surface area (Å²) >= 11 is 0. The molecule has 2 aliphatic rings. The first-order chi connectivity index (χ1) is 14.7. The third kappa shape index (κ3) is 2.99. The van der Waals surface area contributed by atoms with Crippen molar-refractivity contribution in [2.45, 2.75) is 50.0 Å². The van der Waals surface area contributed by atoms with Crippen LogP contribution < -0.4 is 5.32 Å². The number of H-pyrrole nitrogens is 1. The van der Waals surface area contributed by atoms with Crippen LogP contribution in [0.2, 0.25) is 0 Å². The van der Waals surface area contributed by atoms with Gasteiger partial charge in [-0.15, -0.1) is 5.10 Å². The molecule has 1 aromatic carbocycles. The highest BCUT2D eigenvalue weighted by molar-refractivity contribution is 5.92. The molecule has 2 fully saturated rings. The Morgan fingerprint density at radius 2 is 1.90 bits per heavy atom. The average Bonchev–Trinajstić information content (AvgIpc) is 3.20. The SMILES string of the molecule is Fc1ccc(C2(NCC3CCC(c4nnn5cnc6[nH]ccc6c45)CC3)CC2)cc1. The van der Waals surface area contributed by atoms with Crippen LogP contribution in [0.5, 0.6) is 0 Å². The lowest BCUT2D eigenvalue weighted by atomic mass is 9.80. The van der Waals surface area contributed by atoms with E-state index in [0.717, 1.165) is 54.5 Å². The Morgan fingerprint density at radius 1 is 1.10 bits per heavy atom. The summed E-state index contributed by atoms with van der Waals surface area (Å²) in [5.74, 6) is 0.961. The molecule has 4 aromatic rings. The molecule has 3 heterocycles. The largest absolute Gasteiger partial charge is 0.346 e. The van der Waals surface area contributed by atoms with Crippen LogP contribution >= 0.6 is 0 Å². The van der Waals surface area contributed by atoms with Crippen LogP contribution in [-0.4, -0.2) is 31.3 Å². The molecule has 0 saturated heterocycles. The lowest BCUT2D eigenvalue weighted by Crippen LogP contribution is -2.34. The first-order valence-corrected chi connectivity index (χ1v) is 10.9. The maximum atomic E-state index is 13.3. The number of aromatic nitrogens is 5. The Kier molecular flexibility index (Phi) is 4.13. The van der Waals surface area contributed by atoms with E-state index in [4.69, 9.17) is 0 Å². The molecule has 0 bridgehead atoms. The smallest absolute Gasteiger partial charge is 0.141 e. The zero-order valence-corrected chi connectivity index (χ0v) is 16.8. The second kappa shape index (κ2) is 6.87. The van der Waals surface area contributed by atoms with Crippen LogP contribution in [-0.2, 0) is 5.54 Å². The number of nitrogens with one attached hydrogen (secondary N) is 2. The van der Waals surface area contributed by atoms with Gasteiger partial charge in [0.25, 0.3) is 0 Å². The minimum Gasteiger partial charge on any atom is -0.346 e. The van der Waals surface area contributed by atoms with Gasteiger partial charge in [0.2, 0.25) is 0 Å². The first-order valence-electron chi connectivity index (χ1n) is 10.9. The molecule has 0 atom stereocenters. The normalized spacial score (nSPS) is 23.2. The molecule has 7 heteroatoms. The summed E-state index contributed by atoms with van der Waals surface area (Å²) in [5, 5.41) is 13.7. The van der Waals surface area contributed by atoms with E-state index >= 15 is 0 Å². The third-order valence-corrected chi connectivity index (χ3v) is 7.11. The summed E-state index contributed by atoms with van der Waals surface area (Å²) < 4.78 is 15.1. The Balaban J connectivity index is 1.12. The van der Waals surface area contributed by atoms with Crippen LogP contribution in [0.15, 0.2) is 42.9 Å². The van der Waals surface area contributed by atoms with Crippen molar-refractivity contribution in [1.29, 1.82) is 0 Å². The summed E-state index contributed by atoms with van der Waals surface area (Å²) in [4.78, 5) is 7.58. The summed E-state index contributed by atoms with van der Waals surface area (Å²) in [7, 11) is 0. The highest BCUT2D eigenvalue weighted by Crippen LogP contribution is 2.46. The lowest BCUT2D eigenvalue weighted by molar-refractivity contribution is 0.298. The number of hydrogen-bond acceptors (Lipinski definition) is 4. The molecule has 2 N–H and O–H groups in total. The van der Waals surface area contributed by atoms with E-state index in [2.05, 4.69) is 31.7 Å². The van der Waals surface area contributed by atoms with Crippen molar-refractivity contribution in [2.75, 3.05) is 6.54 Å². The fourth-order valence-corrected chi connectivity index (χ4v) is 5.14. The predicted molar refractivity (Wildman–Crippen MR) is 113 cm³/mol. The number of aromatic amines is 1. The van der Waals surface area contributed by atoms with Crippen LogP contribution in [0, 0.1) is 11.7 Å². The predicted octanol–water partition coefficient (Wildman–Crippen LogP) is 4.30. The molecule has 154 valence electrons. The van der Waals surface area contributed by atoms with Gasteiger partial charge in [-0.05, 0) is 74.8 Å². The van der Waals surface area contributed by atoms with Crippen molar-refractivity contribution in [3.05, 3.63) is 59.9 Å². The molecule has 2 aliphatic carbocycles. The molecule has 0 unspecified atom stereocenters. The van der Waals surface area contributed by atoms with Crippen LogP contribution in [0.3, 0.4) is 0 Å². The number of fused-ring (bicyclic) bond motifs is 3. The molecule has 0 amide bonds. The number of nitrogens with zero attached hydrogens (tertiary/aromatic N) is 4. The summed E-state index contributed by atoms with van der Waals surface area (Å²) in [6.07, 6.45) is 10.6. The van der Waals surface area contributed by atoms with Gasteiger partial charge in [-0.3, -0.25) is 0 Å². The van der Waals surface area contributed by atoms with E-state index in [1.807, 2.05) is 18.3 Å². The molecule has 0 spiro atoms. The standard InChI is InChI=1S/C23H25FN6/c24-18-7-5-17(6-8-18)23(10-11-23)27-13-15-1-3-16(4-2-15)20-21-19-9-12-25-22(19)26-14-30(21)29-28-20/h5-9,12,14-16,25,27H,1-4,10-11,13H2. The zero-order chi connectivity index (χ0) is 20.1. The van der Waals surface area contributed by atoms with Gasteiger partial charge in [0.1, 0.15) is 23.3 Å². The van der Waals surface area contributed by atoms with E-state index in [1.165, 1.54) is 18.4 Å². The van der Waals surface area contributed by atoms with Gasteiger partial charge in [-0.2, -0.15) is 0 Å². The number of benzene rings is 1. The molecular weight excluding hydrogens is 379 g/mol. The molecule has 0 radical (unpaired) electrons. The Labute approximate surface area is 173 Å². The maximum Gasteiger partial charge on any atom is 0.141 e. The Hall–Kier alpha value is -2.80. The third-order valence-electron chi connectivity index (χ3n) is 7.11. The average molecular weight is 404 g/mol. The minimum atomic E-state index is -0.165. The quantitative estimate of drug-likeness (QED) is 0.520. The molecule has 0 aliphatic heterocycles. The summed E-state index contributed by atoms with van der Waals surface area (Å²) in [6.45, 7) is 1.03. The fourth-order valence-electron chi connectivity index (χ4n) is 5.14. The monoisotopic (exact) mass is 404 g/mol. The van der Waals surface area contributed by atoms with Gasteiger partial charge in [0, 0.05) is 23.0 Å². The van der Waals surface area contributed by atoms with Gasteiger partial charge in [-0.25, -0.2) is 13.9 Å². The second-order valence-electron chi connectivity index (χ2n) is 8.94. The van der Waals surface area contributed by atoms with Gasteiger partial charge >= 0.3 is 0 Å². The summed E-state index contributed by atoms with van der Waals surface area (Å²) in [6, 6.07) is 9.06. The van der Waals surface area contributed by atoms with Crippen molar-refractivity contribution < 1.29 is 4.39 Å². The molecule has 2 saturated carbocycles. The number of hydrogen-bond donors (Lipinski definition) is 2. The molecule has 3 aromatic heterocycles. The van der Waals surface area contributed by atoms with Crippen molar-refractivity contribution in [1.82, 2.24) is 30.1 Å². The van der Waals surface area contributed by atoms with Crippen molar-refractivity contribution in [3.63, 3.8) is 0 Å². The van der Waals surface area contributed by atoms with Crippen LogP contribution in [0.1, 0.15) is 55.7 Å². The topological polar surface area (TPSA) is 70.9 Å². The van der Waals surface area contributed by atoms with Crippen molar-refractivity contribution in [2.24, 2.45) is 5.92 Å². The Bertz CT molecular complexity index is 1180. The number of halogens is 1. The van der Waals surface area contributed by atoms with Gasteiger partial charge < -0.3 is 10.3 Å². The van der Waals surface area contributed by atoms with E-state index in [9.17, 15) is 4.39 Å². The zero-order valence-electron chi connectivity index (χ0n) is 16.8. The molecular formula is C23H25FN6. The van der Waals surface area contributed by atoms with Gasteiger partial charge in [-0.1, -0.05) is 17.3 Å². The van der Waals surface area contributed by atoms with Gasteiger partial charge in [0.15, 0.2) is 0 Å². The highest BCUT2D eigenvalue weighted by atomic mass is 19.1. The van der Waals surface area contributed by atoms with Crippen LogP contribution in [0.4, 0.5) is 4.39 Å². The van der Waals surface area contributed by atoms with E-state index in [-0.39, 0.29) is 11.4 Å². The van der Waals surface area contributed by atoms with E-state index < -0.39 is 0 Å². The Morgan fingerprint density at radius 3 is 2.67 bits per heavy atom. The molecule has 6 nitrogen and oxygen atoms in total. The summed E-state index contributed by atoms with van der Waals surface area (Å²) in [5.41, 5.74) is 4.38. The maximum absolute atomic E-state index is 13.3. The lowest BCUT2D eigenvalue weighted by Gasteiger charge is -2.29. The van der Waals surface area contributed by atoms with Crippen molar-refractivity contribution >= 4 is 16.6 Å². The minimum absolute atomic E-state index is 0.0709. The first kappa shape index (κ1) is 18.0. The molecule has 6 rings (SSSR count). The van der Waals surface area contributed by atoms with E-state index in [0.29, 0.717) is 11.8 Å². The second-order valence-corrected chi connectivity index (χ2v) is 8.94. The van der Waals surface area contributed by atoms with Crippen molar-refractivity contribution in [3.8, 4) is 0 Å². The fraction of sp³-hybridized carbons (Fsp3) is 0.435. The van der Waals surface area contributed by atoms with E-state index in [1.54, 1.807) is 23.0 Å². The highest BCUT2D eigenvalue weighted by Gasteiger charge is 2.44. The van der Waals surface area contributed by atoms with Gasteiger partial charge in [0.05, 0.1) is 5.69 Å². The van der Waals surface area contributed by atoms with Crippen LogP contribution in [0.25, 0.3) is 16.6 Å². The molecule has 30 heavy (non-hydrogen) atoms.